The predicted octanol–water partition coefficient (Wildman–Crippen LogP) is 19.7. The van der Waals surface area contributed by atoms with Crippen molar-refractivity contribution >= 4 is 49.3 Å². The monoisotopic (exact) mass is 939 g/mol. The van der Waals surface area contributed by atoms with Crippen LogP contribution in [0.4, 0.5) is 11.4 Å². The highest BCUT2D eigenvalue weighted by molar-refractivity contribution is 6.08. The Morgan fingerprint density at radius 3 is 1.68 bits per heavy atom. The van der Waals surface area contributed by atoms with Gasteiger partial charge in [0.05, 0.1) is 5.41 Å². The maximum Gasteiger partial charge on any atom is 0.0710 e. The number of anilines is 2. The molecule has 0 atom stereocenters. The second-order valence-electron chi connectivity index (χ2n) is 19.2. The zero-order valence-corrected chi connectivity index (χ0v) is 42.6. The van der Waals surface area contributed by atoms with Crippen LogP contribution in [0.2, 0.25) is 0 Å². The molecular formula is C72H61N. The summed E-state index contributed by atoms with van der Waals surface area (Å²) in [6.07, 6.45) is 4.43. The Hall–Kier alpha value is -8.52. The van der Waals surface area contributed by atoms with Gasteiger partial charge in [-0.1, -0.05) is 244 Å². The number of allylic oxidation sites excluding steroid dienone is 4. The van der Waals surface area contributed by atoms with Crippen molar-refractivity contribution in [3.05, 3.63) is 305 Å². The number of rotatable bonds is 7. The van der Waals surface area contributed by atoms with Gasteiger partial charge in [0.25, 0.3) is 0 Å². The molecular weight excluding hydrogens is 879 g/mol. The van der Waals surface area contributed by atoms with Crippen molar-refractivity contribution in [3.63, 3.8) is 0 Å². The highest BCUT2D eigenvalue weighted by Crippen LogP contribution is 2.58. The fourth-order valence-corrected chi connectivity index (χ4v) is 11.8. The molecule has 0 N–H and O–H groups in total. The average Bonchev–Trinajstić information content (AvgIpc) is 3.75. The molecule has 2 aliphatic carbocycles. The van der Waals surface area contributed by atoms with E-state index in [9.17, 15) is 0 Å². The van der Waals surface area contributed by atoms with Crippen LogP contribution in [0.3, 0.4) is 0 Å². The van der Waals surface area contributed by atoms with Gasteiger partial charge in [-0.05, 0) is 163 Å². The topological polar surface area (TPSA) is 3.24 Å². The zero-order chi connectivity index (χ0) is 49.9. The van der Waals surface area contributed by atoms with Crippen molar-refractivity contribution in [3.8, 4) is 22.3 Å². The summed E-state index contributed by atoms with van der Waals surface area (Å²) in [6.45, 7) is 10.6. The van der Waals surface area contributed by atoms with Crippen LogP contribution < -0.4 is 4.90 Å². The fraction of sp³-hybridized carbons (Fsp3) is 0.111. The average molecular weight is 940 g/mol. The van der Waals surface area contributed by atoms with E-state index in [2.05, 4.69) is 280 Å². The van der Waals surface area contributed by atoms with Crippen molar-refractivity contribution in [1.29, 1.82) is 0 Å². The molecule has 2 aliphatic rings. The van der Waals surface area contributed by atoms with Crippen molar-refractivity contribution < 1.29 is 0 Å². The summed E-state index contributed by atoms with van der Waals surface area (Å²) in [6, 6.07) is 91.2. The summed E-state index contributed by atoms with van der Waals surface area (Å²) in [5.74, 6) is 0. The predicted molar refractivity (Wildman–Crippen MR) is 314 cm³/mol. The second-order valence-corrected chi connectivity index (χ2v) is 19.2. The van der Waals surface area contributed by atoms with Crippen LogP contribution in [0, 0.1) is 20.8 Å². The molecule has 1 nitrogen and oxygen atoms in total. The van der Waals surface area contributed by atoms with Crippen LogP contribution in [0.1, 0.15) is 65.6 Å². The Balaban J connectivity index is 0.000000387. The highest BCUT2D eigenvalue weighted by atomic mass is 15.1. The second kappa shape index (κ2) is 20.3. The lowest BCUT2D eigenvalue weighted by atomic mass is 9.66. The highest BCUT2D eigenvalue weighted by Gasteiger charge is 2.48. The minimum absolute atomic E-state index is 0.428. The quantitative estimate of drug-likeness (QED) is 0.154. The molecule has 1 heteroatoms. The van der Waals surface area contributed by atoms with Crippen LogP contribution >= 0.6 is 0 Å². The number of hydrogen-bond donors (Lipinski definition) is 0. The SMILES string of the molecule is CC.Cc1c(-c2cccc3c(-c4ccc(N(C5=CC6=C(CC5)c5ccccc5C6(c5ccccc5)c5ccccc5)c5ccccc5)cc4)ccc(C)c23)ccc2ccccc12.Cc1ccc2ccccc2c1. The van der Waals surface area contributed by atoms with Crippen LogP contribution in [0.15, 0.2) is 266 Å². The molecule has 0 unspecified atom stereocenters. The van der Waals surface area contributed by atoms with Crippen LogP contribution in [-0.4, -0.2) is 0 Å². The van der Waals surface area contributed by atoms with Crippen LogP contribution in [0.25, 0.3) is 60.1 Å². The van der Waals surface area contributed by atoms with E-state index in [4.69, 9.17) is 0 Å². The van der Waals surface area contributed by atoms with Gasteiger partial charge in [-0.25, -0.2) is 0 Å². The molecule has 0 heterocycles. The summed E-state index contributed by atoms with van der Waals surface area (Å²) in [5.41, 5.74) is 20.3. The van der Waals surface area contributed by atoms with E-state index >= 15 is 0 Å². The van der Waals surface area contributed by atoms with E-state index < -0.39 is 5.41 Å². The molecule has 354 valence electrons. The number of para-hydroxylation sites is 1. The third-order valence-corrected chi connectivity index (χ3v) is 15.1. The largest absolute Gasteiger partial charge is 0.314 e. The molecule has 11 aromatic rings. The van der Waals surface area contributed by atoms with E-state index in [1.165, 1.54) is 110 Å². The van der Waals surface area contributed by atoms with E-state index in [-0.39, 0.29) is 0 Å². The van der Waals surface area contributed by atoms with Crippen LogP contribution in [-0.2, 0) is 5.41 Å². The third kappa shape index (κ3) is 8.45. The number of hydrogen-bond acceptors (Lipinski definition) is 1. The summed E-state index contributed by atoms with van der Waals surface area (Å²) in [4.78, 5) is 2.49. The van der Waals surface area contributed by atoms with Gasteiger partial charge >= 0.3 is 0 Å². The molecule has 13 rings (SSSR count). The molecule has 73 heavy (non-hydrogen) atoms. The zero-order valence-electron chi connectivity index (χ0n) is 42.6. The van der Waals surface area contributed by atoms with Crippen molar-refractivity contribution in [1.82, 2.24) is 0 Å². The Kier molecular flexibility index (Phi) is 13.0. The summed E-state index contributed by atoms with van der Waals surface area (Å²) < 4.78 is 0. The lowest BCUT2D eigenvalue weighted by Gasteiger charge is -2.37. The van der Waals surface area contributed by atoms with Crippen LogP contribution in [0.5, 0.6) is 0 Å². The summed E-state index contributed by atoms with van der Waals surface area (Å²) >= 11 is 0. The Morgan fingerprint density at radius 2 is 0.959 bits per heavy atom. The first-order valence-electron chi connectivity index (χ1n) is 26.0. The molecule has 0 saturated carbocycles. The summed E-state index contributed by atoms with van der Waals surface area (Å²) in [5, 5.41) is 7.83. The van der Waals surface area contributed by atoms with Gasteiger partial charge < -0.3 is 4.90 Å². The van der Waals surface area contributed by atoms with E-state index in [0.29, 0.717) is 0 Å². The van der Waals surface area contributed by atoms with Gasteiger partial charge in [0.2, 0.25) is 0 Å². The lowest BCUT2D eigenvalue weighted by Crippen LogP contribution is -2.30. The van der Waals surface area contributed by atoms with Gasteiger partial charge in [0.1, 0.15) is 0 Å². The van der Waals surface area contributed by atoms with Crippen molar-refractivity contribution in [2.24, 2.45) is 0 Å². The van der Waals surface area contributed by atoms with Gasteiger partial charge in [0.15, 0.2) is 0 Å². The molecule has 0 saturated heterocycles. The summed E-state index contributed by atoms with van der Waals surface area (Å²) in [7, 11) is 0. The standard InChI is InChI=1S/C59H45N.C11H10.C2H6/c1-40-29-36-51(55-27-16-26-54(58(40)55)50-37-32-42-17-12-13-24-49(42)41(50)2)43-30-33-47(34-31-43)60(46-22-10-5-11-23-46)48-35-38-53-52-25-14-15-28-56(52)59(57(53)39-48,44-18-6-3-7-19-44)45-20-8-4-9-21-45;1-9-6-7-10-4-2-3-5-11(10)8-9;1-2/h3-34,36-37,39H,35,38H2,1-2H3;2-8H,1H3;1-2H3. The van der Waals surface area contributed by atoms with Crippen molar-refractivity contribution in [2.45, 2.75) is 52.9 Å². The lowest BCUT2D eigenvalue weighted by molar-refractivity contribution is 0.750. The first-order chi connectivity index (χ1) is 36.0. The van der Waals surface area contributed by atoms with Crippen molar-refractivity contribution in [2.75, 3.05) is 4.90 Å². The van der Waals surface area contributed by atoms with E-state index in [0.717, 1.165) is 24.2 Å². The van der Waals surface area contributed by atoms with E-state index in [1.54, 1.807) is 0 Å². The first-order valence-corrected chi connectivity index (χ1v) is 26.0. The van der Waals surface area contributed by atoms with Gasteiger partial charge in [-0.2, -0.15) is 0 Å². The van der Waals surface area contributed by atoms with Gasteiger partial charge in [0, 0.05) is 17.1 Å². The molecule has 0 radical (unpaired) electrons. The minimum Gasteiger partial charge on any atom is -0.314 e. The number of fused-ring (bicyclic) bond motifs is 5. The number of benzene rings is 11. The fourth-order valence-electron chi connectivity index (χ4n) is 11.8. The molecule has 0 fully saturated rings. The Bertz CT molecular complexity index is 3780. The first kappa shape index (κ1) is 46.8. The minimum atomic E-state index is -0.428. The maximum atomic E-state index is 2.53. The molecule has 0 aromatic heterocycles. The van der Waals surface area contributed by atoms with Gasteiger partial charge in [-0.15, -0.1) is 0 Å². The smallest absolute Gasteiger partial charge is 0.0710 e. The molecule has 0 aliphatic heterocycles. The number of nitrogens with zero attached hydrogens (tertiary/aromatic N) is 1. The third-order valence-electron chi connectivity index (χ3n) is 15.1. The maximum absolute atomic E-state index is 2.53. The molecule has 0 amide bonds. The molecule has 0 bridgehead atoms. The molecule has 0 spiro atoms. The normalized spacial score (nSPS) is 13.3. The Labute approximate surface area is 432 Å². The Morgan fingerprint density at radius 1 is 0.397 bits per heavy atom. The van der Waals surface area contributed by atoms with Gasteiger partial charge in [-0.3, -0.25) is 0 Å². The number of aryl methyl sites for hydroxylation is 3. The molecule has 11 aromatic carbocycles. The van der Waals surface area contributed by atoms with E-state index in [1.807, 2.05) is 13.8 Å².